The zero-order valence-electron chi connectivity index (χ0n) is 14.2. The van der Waals surface area contributed by atoms with Crippen LogP contribution < -0.4 is 10.6 Å². The summed E-state index contributed by atoms with van der Waals surface area (Å²) in [7, 11) is 0. The first-order chi connectivity index (χ1) is 12.1. The van der Waals surface area contributed by atoms with Crippen LogP contribution in [-0.2, 0) is 9.59 Å². The summed E-state index contributed by atoms with van der Waals surface area (Å²) in [4.78, 5) is 27.2. The fourth-order valence-corrected chi connectivity index (χ4v) is 4.10. The smallest absolute Gasteiger partial charge is 0.238 e. The first-order valence-electron chi connectivity index (χ1n) is 8.81. The van der Waals surface area contributed by atoms with Crippen molar-refractivity contribution in [3.8, 4) is 0 Å². The number of fused-ring (bicyclic) bond motifs is 1. The van der Waals surface area contributed by atoms with Crippen LogP contribution >= 0.6 is 11.6 Å². The van der Waals surface area contributed by atoms with E-state index in [-0.39, 0.29) is 30.3 Å². The quantitative estimate of drug-likeness (QED) is 0.792. The van der Waals surface area contributed by atoms with Crippen molar-refractivity contribution in [2.24, 2.45) is 0 Å². The number of nitrogens with one attached hydrogen (secondary N) is 2. The van der Waals surface area contributed by atoms with E-state index in [1.807, 2.05) is 6.08 Å². The molecule has 1 heterocycles. The molecule has 2 fully saturated rings. The van der Waals surface area contributed by atoms with Crippen LogP contribution in [0.3, 0.4) is 0 Å². The van der Waals surface area contributed by atoms with Gasteiger partial charge < -0.3 is 10.6 Å². The van der Waals surface area contributed by atoms with Crippen LogP contribution in [0.5, 0.6) is 0 Å². The molecule has 0 spiro atoms. The maximum atomic E-state index is 12.6. The molecule has 0 radical (unpaired) electrons. The highest BCUT2D eigenvalue weighted by Crippen LogP contribution is 2.29. The normalized spacial score (nSPS) is 26.4. The lowest BCUT2D eigenvalue weighted by atomic mass is 9.85. The molecule has 25 heavy (non-hydrogen) atoms. The Balaban J connectivity index is 1.70. The minimum Gasteiger partial charge on any atom is -0.350 e. The molecule has 3 rings (SSSR count). The summed E-state index contributed by atoms with van der Waals surface area (Å²) in [5.41, 5.74) is 0.638. The van der Waals surface area contributed by atoms with Crippen molar-refractivity contribution in [2.45, 2.75) is 50.2 Å². The Morgan fingerprint density at radius 2 is 2.20 bits per heavy atom. The van der Waals surface area contributed by atoms with E-state index < -0.39 is 6.04 Å². The van der Waals surface area contributed by atoms with Crippen molar-refractivity contribution in [1.29, 1.82) is 0 Å². The van der Waals surface area contributed by atoms with Crippen molar-refractivity contribution < 1.29 is 9.59 Å². The maximum Gasteiger partial charge on any atom is 0.238 e. The predicted molar refractivity (Wildman–Crippen MR) is 99.6 cm³/mol. The number of piperazine rings is 1. The second-order valence-corrected chi connectivity index (χ2v) is 7.17. The number of hydrogen-bond acceptors (Lipinski definition) is 3. The van der Waals surface area contributed by atoms with Gasteiger partial charge in [-0.3, -0.25) is 14.5 Å². The van der Waals surface area contributed by atoms with Gasteiger partial charge in [0.25, 0.3) is 0 Å². The van der Waals surface area contributed by atoms with Gasteiger partial charge in [-0.25, -0.2) is 0 Å². The molecule has 0 unspecified atom stereocenters. The second kappa shape index (κ2) is 8.02. The highest BCUT2D eigenvalue weighted by atomic mass is 35.5. The molecule has 0 bridgehead atoms. The summed E-state index contributed by atoms with van der Waals surface area (Å²) in [6, 6.07) is 7.02. The summed E-state index contributed by atoms with van der Waals surface area (Å²) in [5.74, 6) is -0.253. The average molecular weight is 362 g/mol. The Kier molecular flexibility index (Phi) is 5.76. The summed E-state index contributed by atoms with van der Waals surface area (Å²) >= 11 is 5.95. The van der Waals surface area contributed by atoms with E-state index in [0.717, 1.165) is 25.7 Å². The van der Waals surface area contributed by atoms with E-state index in [9.17, 15) is 9.59 Å². The monoisotopic (exact) mass is 361 g/mol. The molecule has 1 aliphatic carbocycles. The van der Waals surface area contributed by atoms with Gasteiger partial charge in [0.05, 0.1) is 12.5 Å². The maximum absolute atomic E-state index is 12.6. The Labute approximate surface area is 153 Å². The molecule has 1 saturated heterocycles. The van der Waals surface area contributed by atoms with E-state index in [2.05, 4.69) is 22.1 Å². The molecule has 2 amide bonds. The Morgan fingerprint density at radius 1 is 1.40 bits per heavy atom. The number of amides is 2. The Bertz CT molecular complexity index is 664. The van der Waals surface area contributed by atoms with Crippen molar-refractivity contribution in [2.75, 3.05) is 11.9 Å². The highest BCUT2D eigenvalue weighted by molar-refractivity contribution is 6.30. The topological polar surface area (TPSA) is 61.4 Å². The second-order valence-electron chi connectivity index (χ2n) is 6.73. The van der Waals surface area contributed by atoms with Crippen LogP contribution in [0.2, 0.25) is 5.02 Å². The van der Waals surface area contributed by atoms with Gasteiger partial charge in [0.1, 0.15) is 0 Å². The summed E-state index contributed by atoms with van der Waals surface area (Å²) in [6.45, 7) is 4.43. The number of halogens is 1. The largest absolute Gasteiger partial charge is 0.350 e. The number of carbonyl (C=O) groups excluding carboxylic acids is 2. The number of hydrogen-bond donors (Lipinski definition) is 2. The van der Waals surface area contributed by atoms with Gasteiger partial charge >= 0.3 is 0 Å². The van der Waals surface area contributed by atoms with E-state index in [1.54, 1.807) is 24.3 Å². The molecule has 6 heteroatoms. The van der Waals surface area contributed by atoms with Gasteiger partial charge in [-0.1, -0.05) is 36.6 Å². The van der Waals surface area contributed by atoms with Crippen LogP contribution in [0, 0.1) is 0 Å². The van der Waals surface area contributed by atoms with Crippen LogP contribution in [0.15, 0.2) is 36.9 Å². The molecule has 134 valence electrons. The van der Waals surface area contributed by atoms with Crippen LogP contribution in [0.4, 0.5) is 5.69 Å². The van der Waals surface area contributed by atoms with E-state index in [4.69, 9.17) is 11.6 Å². The van der Waals surface area contributed by atoms with Crippen molar-refractivity contribution >= 4 is 29.1 Å². The van der Waals surface area contributed by atoms with E-state index in [0.29, 0.717) is 17.3 Å². The third-order valence-corrected chi connectivity index (χ3v) is 5.25. The van der Waals surface area contributed by atoms with Crippen LogP contribution in [0.25, 0.3) is 0 Å². The van der Waals surface area contributed by atoms with Gasteiger partial charge in [-0.05, 0) is 31.0 Å². The summed E-state index contributed by atoms with van der Waals surface area (Å²) in [6.07, 6.45) is 6.29. The molecule has 0 aromatic heterocycles. The molecule has 1 aromatic rings. The van der Waals surface area contributed by atoms with Gasteiger partial charge in [-0.15, -0.1) is 6.58 Å². The van der Waals surface area contributed by atoms with Crippen molar-refractivity contribution in [3.63, 3.8) is 0 Å². The minimum absolute atomic E-state index is 0.0637. The Morgan fingerprint density at radius 3 is 2.96 bits per heavy atom. The molecular formula is C19H24ClN3O2. The third-order valence-electron chi connectivity index (χ3n) is 5.01. The van der Waals surface area contributed by atoms with E-state index >= 15 is 0 Å². The van der Waals surface area contributed by atoms with Crippen LogP contribution in [0.1, 0.15) is 32.1 Å². The number of nitrogens with zero attached hydrogens (tertiary/aromatic N) is 1. The van der Waals surface area contributed by atoms with E-state index in [1.165, 1.54) is 0 Å². The van der Waals surface area contributed by atoms with Gasteiger partial charge in [-0.2, -0.15) is 0 Å². The average Bonchev–Trinajstić information content (AvgIpc) is 2.58. The molecule has 3 atom stereocenters. The standard InChI is InChI=1S/C19H24ClN3O2/c1-2-10-23-16-9-4-3-8-15(16)22-19(25)17(23)12-18(24)21-14-7-5-6-13(20)11-14/h2,5-7,11,15-17H,1,3-4,8-10,12H2,(H,21,24)(H,22,25)/t15-,16-,17-/m0/s1. The highest BCUT2D eigenvalue weighted by Gasteiger charge is 2.42. The van der Waals surface area contributed by atoms with Crippen LogP contribution in [-0.4, -0.2) is 41.4 Å². The third kappa shape index (κ3) is 4.22. The number of benzene rings is 1. The lowest BCUT2D eigenvalue weighted by Crippen LogP contribution is -2.66. The first kappa shape index (κ1) is 18.0. The molecule has 5 nitrogen and oxygen atoms in total. The Hall–Kier alpha value is -1.85. The number of rotatable bonds is 5. The molecule has 1 aliphatic heterocycles. The summed E-state index contributed by atoms with van der Waals surface area (Å²) < 4.78 is 0. The molecule has 1 aromatic carbocycles. The van der Waals surface area contributed by atoms with Gasteiger partial charge in [0, 0.05) is 29.3 Å². The lowest BCUT2D eigenvalue weighted by molar-refractivity contribution is -0.137. The molecule has 2 aliphatic rings. The minimum atomic E-state index is -0.462. The number of carbonyl (C=O) groups is 2. The van der Waals surface area contributed by atoms with Gasteiger partial charge in [0.2, 0.25) is 11.8 Å². The lowest BCUT2D eigenvalue weighted by Gasteiger charge is -2.47. The first-order valence-corrected chi connectivity index (χ1v) is 9.18. The van der Waals surface area contributed by atoms with Crippen molar-refractivity contribution in [1.82, 2.24) is 10.2 Å². The molecule has 2 N–H and O–H groups in total. The fourth-order valence-electron chi connectivity index (χ4n) is 3.91. The predicted octanol–water partition coefficient (Wildman–Crippen LogP) is 2.97. The molecular weight excluding hydrogens is 338 g/mol. The molecule has 1 saturated carbocycles. The SMILES string of the molecule is C=CCN1[C@@H](CC(=O)Nc2cccc(Cl)c2)C(=O)N[C@H]2CCCC[C@@H]21. The summed E-state index contributed by atoms with van der Waals surface area (Å²) in [5, 5.41) is 6.51. The number of anilines is 1. The van der Waals surface area contributed by atoms with Gasteiger partial charge in [0.15, 0.2) is 0 Å². The zero-order chi connectivity index (χ0) is 17.8. The van der Waals surface area contributed by atoms with Crippen molar-refractivity contribution in [3.05, 3.63) is 41.9 Å². The fraction of sp³-hybridized carbons (Fsp3) is 0.474. The zero-order valence-corrected chi connectivity index (χ0v) is 15.0.